The van der Waals surface area contributed by atoms with Crippen LogP contribution in [0.25, 0.3) is 0 Å². The van der Waals surface area contributed by atoms with Gasteiger partial charge in [-0.1, -0.05) is 25.3 Å². The molecule has 0 N–H and O–H groups in total. The molecule has 0 saturated carbocycles. The van der Waals surface area contributed by atoms with E-state index >= 15 is 0 Å². The van der Waals surface area contributed by atoms with Gasteiger partial charge in [0.2, 0.25) is 0 Å². The van der Waals surface area contributed by atoms with E-state index in [4.69, 9.17) is 8.85 Å². The Morgan fingerprint density at radius 3 is 0.784 bits per heavy atom. The van der Waals surface area contributed by atoms with Crippen LogP contribution < -0.4 is 0 Å². The normalized spacial score (nSPS) is 10.6. The van der Waals surface area contributed by atoms with Crippen molar-refractivity contribution in [1.29, 1.82) is 0 Å². The molecule has 51 heavy (non-hydrogen) atoms. The Balaban J connectivity index is -0.000000570. The molecule has 0 aliphatic rings. The van der Waals surface area contributed by atoms with Gasteiger partial charge in [-0.15, -0.1) is 24.3 Å². The number of hydrogen-bond acceptors (Lipinski definition) is 2. The fourth-order valence-electron chi connectivity index (χ4n) is 3.74. The molecule has 0 aromatic heterocycles. The minimum atomic E-state index is -1.40. The predicted molar refractivity (Wildman–Crippen MR) is 244 cm³/mol. The summed E-state index contributed by atoms with van der Waals surface area (Å²) in [4.78, 5) is 0. The molecule has 0 saturated heterocycles. The van der Waals surface area contributed by atoms with Crippen molar-refractivity contribution in [3.63, 3.8) is 0 Å². The van der Waals surface area contributed by atoms with Crippen LogP contribution >= 0.6 is 0 Å². The van der Waals surface area contributed by atoms with E-state index in [0.717, 1.165) is 11.1 Å². The van der Waals surface area contributed by atoms with Crippen LogP contribution in [-0.2, 0) is 8.85 Å². The molecular formula is C44H84O2Si2Sn3-2. The first kappa shape index (κ1) is 56.3. The largest absolute Gasteiger partial charge is 0.450 e. The van der Waals surface area contributed by atoms with Gasteiger partial charge in [-0.3, -0.25) is 0 Å². The molecule has 2 nitrogen and oxygen atoms in total. The molecule has 2 aromatic carbocycles. The van der Waals surface area contributed by atoms with Crippen molar-refractivity contribution in [2.45, 2.75) is 184 Å². The molecule has 0 aliphatic carbocycles. The first-order valence-corrected chi connectivity index (χ1v) is 39.6. The van der Waals surface area contributed by atoms with Crippen LogP contribution in [0.4, 0.5) is 0 Å². The Kier molecular flexibility index (Phi) is 48.2. The van der Waals surface area contributed by atoms with Gasteiger partial charge in [0.15, 0.2) is 16.6 Å². The zero-order valence-corrected chi connectivity index (χ0v) is 46.5. The zero-order chi connectivity index (χ0) is 38.9. The van der Waals surface area contributed by atoms with Crippen molar-refractivity contribution in [2.24, 2.45) is 0 Å². The van der Waals surface area contributed by atoms with Crippen molar-refractivity contribution in [1.82, 2.24) is 0 Å². The quantitative estimate of drug-likeness (QED) is 0.0593. The van der Waals surface area contributed by atoms with Crippen LogP contribution in [-0.4, -0.2) is 80.1 Å². The third-order valence-corrected chi connectivity index (χ3v) is 20.7. The number of rotatable bonds is 24. The van der Waals surface area contributed by atoms with E-state index in [9.17, 15) is 0 Å². The van der Waals surface area contributed by atoms with Gasteiger partial charge in [-0.25, -0.2) is 0 Å². The summed E-state index contributed by atoms with van der Waals surface area (Å²) in [6, 6.07) is 20.2. The standard InChI is InChI=1S/2C10H15OSi.6C4H9.3Sn/c2*1-12(2,3)11-9-10-7-5-4-6-8-10;6*1-3-4-2;;;/h2*4-9H,1-3H3;6*1,3-4H2,2H3;;;/q2*-1;;;;;;;;;. The van der Waals surface area contributed by atoms with E-state index in [0.29, 0.717) is 0 Å². The fourth-order valence-corrected chi connectivity index (χ4v) is 17.2. The van der Waals surface area contributed by atoms with Gasteiger partial charge in [0.1, 0.15) is 0 Å². The van der Waals surface area contributed by atoms with Crippen LogP contribution in [0.5, 0.6) is 0 Å². The molecule has 7 heteroatoms. The number of unbranched alkanes of at least 4 members (excludes halogenated alkanes) is 6. The zero-order valence-electron chi connectivity index (χ0n) is 36.0. The predicted octanol–water partition coefficient (Wildman–Crippen LogP) is 15.5. The molecule has 2 rings (SSSR count). The van der Waals surface area contributed by atoms with E-state index in [-0.39, 0.29) is 63.4 Å². The summed E-state index contributed by atoms with van der Waals surface area (Å²) in [5.41, 5.74) is 2.28. The first-order valence-electron chi connectivity index (χ1n) is 20.6. The summed E-state index contributed by atoms with van der Waals surface area (Å²) < 4.78 is 21.0. The molecule has 0 heterocycles. The Hall–Kier alpha value is 0.930. The summed E-state index contributed by atoms with van der Waals surface area (Å²) in [6.07, 6.45) is 17.5. The maximum atomic E-state index is 5.63. The monoisotopic (exact) mass is 1060 g/mol. The van der Waals surface area contributed by atoms with Crippen molar-refractivity contribution in [2.75, 3.05) is 0 Å². The molecule has 6 radical (unpaired) electrons. The summed E-state index contributed by atoms with van der Waals surface area (Å²) in [6.45, 7) is 30.5. The molecule has 2 aromatic rings. The van der Waals surface area contributed by atoms with Crippen molar-refractivity contribution >= 4 is 80.1 Å². The average Bonchev–Trinajstić information content (AvgIpc) is 3.11. The van der Waals surface area contributed by atoms with E-state index in [1.54, 1.807) is 26.6 Å². The minimum Gasteiger partial charge on any atom is -0.450 e. The van der Waals surface area contributed by atoms with Crippen molar-refractivity contribution in [3.8, 4) is 0 Å². The molecule has 294 valence electrons. The van der Waals surface area contributed by atoms with Crippen molar-refractivity contribution < 1.29 is 8.85 Å². The van der Waals surface area contributed by atoms with E-state index in [1.807, 2.05) is 73.9 Å². The van der Waals surface area contributed by atoms with Crippen LogP contribution in [0.2, 0.25) is 65.9 Å². The molecular weight excluding hydrogens is 973 g/mol. The smallest absolute Gasteiger partial charge is 0.173 e. The summed E-state index contributed by atoms with van der Waals surface area (Å²) in [5, 5.41) is 0. The fraction of sp³-hybridized carbons (Fsp3) is 0.682. The second-order valence-electron chi connectivity index (χ2n) is 14.9. The molecule has 0 aliphatic heterocycles. The SMILES string of the molecule is CCC[CH2][Sn][CH2]CCC.CCC[CH2][Sn][CH2]CCC.CCC[CH2][Sn][CH2]CCC.C[Si](C)(C)O[CH-]c1ccccc1.C[Si](C)(C)O[CH-]c1ccccc1. The average molecular weight is 1060 g/mol. The third kappa shape index (κ3) is 55.4. The molecule has 0 amide bonds. The number of benzene rings is 2. The third-order valence-electron chi connectivity index (χ3n) is 6.94. The Bertz CT molecular complexity index is 786. The summed E-state index contributed by atoms with van der Waals surface area (Å²) in [7, 11) is -2.79. The topological polar surface area (TPSA) is 18.5 Å². The van der Waals surface area contributed by atoms with Crippen molar-refractivity contribution in [3.05, 3.63) is 85.0 Å². The number of hydrogen-bond donors (Lipinski definition) is 0. The Morgan fingerprint density at radius 2 is 0.608 bits per heavy atom. The summed E-state index contributed by atoms with van der Waals surface area (Å²) >= 11 is 0.448. The second-order valence-corrected chi connectivity index (χ2v) is 36.7. The maximum absolute atomic E-state index is 5.63. The molecule has 0 spiro atoms. The molecule has 0 unspecified atom stereocenters. The maximum Gasteiger partial charge on any atom is 0.173 e. The van der Waals surface area contributed by atoms with E-state index in [2.05, 4.69) is 80.8 Å². The van der Waals surface area contributed by atoms with Gasteiger partial charge in [0, 0.05) is 0 Å². The van der Waals surface area contributed by atoms with Gasteiger partial charge < -0.3 is 8.85 Å². The first-order chi connectivity index (χ1) is 24.4. The van der Waals surface area contributed by atoms with E-state index < -0.39 is 16.6 Å². The van der Waals surface area contributed by atoms with Gasteiger partial charge >= 0.3 is 209 Å². The van der Waals surface area contributed by atoms with Crippen LogP contribution in [0.3, 0.4) is 0 Å². The van der Waals surface area contributed by atoms with Gasteiger partial charge in [-0.2, -0.15) is 35.4 Å². The molecule has 0 fully saturated rings. The minimum absolute atomic E-state index is 0.149. The molecule has 0 bridgehead atoms. The van der Waals surface area contributed by atoms with Gasteiger partial charge in [0.25, 0.3) is 0 Å². The van der Waals surface area contributed by atoms with Crippen LogP contribution in [0.15, 0.2) is 60.7 Å². The van der Waals surface area contributed by atoms with Crippen LogP contribution in [0.1, 0.15) is 130 Å². The Labute approximate surface area is 354 Å². The van der Waals surface area contributed by atoms with Gasteiger partial charge in [0.05, 0.1) is 0 Å². The van der Waals surface area contributed by atoms with Crippen LogP contribution in [0, 0.1) is 13.2 Å². The summed E-state index contributed by atoms with van der Waals surface area (Å²) in [5.74, 6) is 0. The van der Waals surface area contributed by atoms with Gasteiger partial charge in [-0.05, 0) is 39.3 Å². The molecule has 0 atom stereocenters. The Morgan fingerprint density at radius 1 is 0.392 bits per heavy atom. The van der Waals surface area contributed by atoms with E-state index in [1.165, 1.54) is 77.0 Å². The second kappa shape index (κ2) is 43.7.